The van der Waals surface area contributed by atoms with Crippen molar-refractivity contribution >= 4 is 32.0 Å². The molecular formula is C19H22N2O8S2. The Balaban J connectivity index is 1.92. The second-order valence-corrected chi connectivity index (χ2v) is 9.79. The van der Waals surface area contributed by atoms with Crippen molar-refractivity contribution < 1.29 is 35.9 Å². The van der Waals surface area contributed by atoms with E-state index in [1.807, 2.05) is 0 Å². The van der Waals surface area contributed by atoms with E-state index in [-0.39, 0.29) is 40.6 Å². The molecule has 0 radical (unpaired) electrons. The van der Waals surface area contributed by atoms with E-state index in [2.05, 4.69) is 0 Å². The minimum absolute atomic E-state index is 0.0546. The minimum Gasteiger partial charge on any atom is -0.462 e. The molecule has 2 aromatic rings. The molecule has 4 N–H and O–H groups in total. The van der Waals surface area contributed by atoms with Gasteiger partial charge in [-0.05, 0) is 49.2 Å². The average molecular weight is 471 g/mol. The van der Waals surface area contributed by atoms with Gasteiger partial charge in [0.1, 0.15) is 0 Å². The monoisotopic (exact) mass is 470 g/mol. The molecule has 0 atom stereocenters. The Kier molecular flexibility index (Phi) is 7.54. The number of benzene rings is 2. The topological polar surface area (TPSA) is 173 Å². The van der Waals surface area contributed by atoms with Gasteiger partial charge in [-0.3, -0.25) is 0 Å². The quantitative estimate of drug-likeness (QED) is 0.424. The molecule has 10 nitrogen and oxygen atoms in total. The highest BCUT2D eigenvalue weighted by atomic mass is 32.2. The van der Waals surface area contributed by atoms with Gasteiger partial charge in [0, 0.05) is 6.42 Å². The third-order valence-electron chi connectivity index (χ3n) is 4.27. The molecule has 31 heavy (non-hydrogen) atoms. The summed E-state index contributed by atoms with van der Waals surface area (Å²) in [7, 11) is -7.93. The van der Waals surface area contributed by atoms with Crippen LogP contribution in [0.15, 0.2) is 46.2 Å². The zero-order chi connectivity index (χ0) is 23.4. The third kappa shape index (κ3) is 6.59. The van der Waals surface area contributed by atoms with Gasteiger partial charge in [0.25, 0.3) is 0 Å². The largest absolute Gasteiger partial charge is 0.462 e. The van der Waals surface area contributed by atoms with Gasteiger partial charge in [0.15, 0.2) is 0 Å². The number of primary sulfonamides is 2. The van der Waals surface area contributed by atoms with E-state index in [0.29, 0.717) is 11.1 Å². The molecule has 0 unspecified atom stereocenters. The Morgan fingerprint density at radius 1 is 0.742 bits per heavy atom. The van der Waals surface area contributed by atoms with Gasteiger partial charge in [-0.25, -0.2) is 36.7 Å². The van der Waals surface area contributed by atoms with Crippen LogP contribution in [0.25, 0.3) is 0 Å². The van der Waals surface area contributed by atoms with Crippen molar-refractivity contribution in [3.8, 4) is 0 Å². The predicted octanol–water partition coefficient (Wildman–Crippen LogP) is 1.00. The third-order valence-corrected chi connectivity index (χ3v) is 6.09. The van der Waals surface area contributed by atoms with E-state index < -0.39 is 32.0 Å². The molecule has 0 fully saturated rings. The van der Waals surface area contributed by atoms with Crippen LogP contribution in [-0.4, -0.2) is 42.0 Å². The lowest BCUT2D eigenvalue weighted by molar-refractivity contribution is 0.0395. The molecule has 0 aliphatic heterocycles. The summed E-state index contributed by atoms with van der Waals surface area (Å²) in [4.78, 5) is 24.0. The first-order valence-electron chi connectivity index (χ1n) is 8.92. The van der Waals surface area contributed by atoms with Gasteiger partial charge in [-0.1, -0.05) is 12.1 Å². The number of hydrogen-bond acceptors (Lipinski definition) is 8. The Morgan fingerprint density at radius 3 is 1.42 bits per heavy atom. The van der Waals surface area contributed by atoms with Crippen LogP contribution in [0, 0.1) is 13.8 Å². The zero-order valence-electron chi connectivity index (χ0n) is 16.8. The fourth-order valence-electron chi connectivity index (χ4n) is 2.54. The number of carbonyl (C=O) groups excluding carboxylic acids is 2. The Labute approximate surface area is 180 Å². The predicted molar refractivity (Wildman–Crippen MR) is 110 cm³/mol. The van der Waals surface area contributed by atoms with Crippen LogP contribution < -0.4 is 10.3 Å². The van der Waals surface area contributed by atoms with Crippen molar-refractivity contribution in [2.24, 2.45) is 10.3 Å². The Morgan fingerprint density at radius 2 is 1.10 bits per heavy atom. The molecule has 0 spiro atoms. The molecule has 0 aliphatic rings. The highest BCUT2D eigenvalue weighted by Gasteiger charge is 2.17. The van der Waals surface area contributed by atoms with Crippen molar-refractivity contribution in [1.29, 1.82) is 0 Å². The van der Waals surface area contributed by atoms with E-state index in [1.165, 1.54) is 24.3 Å². The standard InChI is InChI=1S/C19H22N2O8S2/c1-12-4-6-14(30(20,24)25)10-16(12)18(22)28-8-3-9-29-19(23)17-11-15(31(21,26)27)7-5-13(17)2/h4-7,10-11H,3,8-9H2,1-2H3,(H2,20,24,25)(H2,21,26,27). The van der Waals surface area contributed by atoms with Crippen LogP contribution >= 0.6 is 0 Å². The van der Waals surface area contributed by atoms with Gasteiger partial charge >= 0.3 is 11.9 Å². The molecule has 0 aliphatic carbocycles. The molecular weight excluding hydrogens is 448 g/mol. The summed E-state index contributed by atoms with van der Waals surface area (Å²) >= 11 is 0. The van der Waals surface area contributed by atoms with Crippen molar-refractivity contribution in [3.63, 3.8) is 0 Å². The number of sulfonamides is 2. The number of nitrogens with two attached hydrogens (primary N) is 2. The highest BCUT2D eigenvalue weighted by Crippen LogP contribution is 2.17. The molecule has 0 heterocycles. The fraction of sp³-hybridized carbons (Fsp3) is 0.263. The number of ether oxygens (including phenoxy) is 2. The van der Waals surface area contributed by atoms with E-state index in [1.54, 1.807) is 13.8 Å². The molecule has 2 rings (SSSR count). The Hall–Kier alpha value is -2.80. The zero-order valence-corrected chi connectivity index (χ0v) is 18.5. The number of hydrogen-bond donors (Lipinski definition) is 2. The van der Waals surface area contributed by atoms with Crippen molar-refractivity contribution in [3.05, 3.63) is 58.7 Å². The van der Waals surface area contributed by atoms with Crippen LogP contribution in [0.2, 0.25) is 0 Å². The minimum atomic E-state index is -3.97. The first kappa shape index (κ1) is 24.5. The number of carbonyl (C=O) groups is 2. The maximum Gasteiger partial charge on any atom is 0.338 e. The molecule has 0 aromatic heterocycles. The van der Waals surface area contributed by atoms with E-state index >= 15 is 0 Å². The summed E-state index contributed by atoms with van der Waals surface area (Å²) in [5.41, 5.74) is 1.13. The Bertz CT molecular complexity index is 1130. The lowest BCUT2D eigenvalue weighted by atomic mass is 10.1. The lowest BCUT2D eigenvalue weighted by Gasteiger charge is -2.10. The SMILES string of the molecule is Cc1ccc(S(N)(=O)=O)cc1C(=O)OCCCOC(=O)c1cc(S(N)(=O)=O)ccc1C. The number of esters is 2. The van der Waals surface area contributed by atoms with Crippen molar-refractivity contribution in [2.45, 2.75) is 30.1 Å². The van der Waals surface area contributed by atoms with Gasteiger partial charge in [-0.2, -0.15) is 0 Å². The van der Waals surface area contributed by atoms with Crippen LogP contribution in [-0.2, 0) is 29.5 Å². The summed E-state index contributed by atoms with van der Waals surface area (Å²) in [5, 5.41) is 10.1. The fourth-order valence-corrected chi connectivity index (χ4v) is 3.62. The molecule has 2 aromatic carbocycles. The first-order chi connectivity index (χ1) is 14.3. The molecule has 168 valence electrons. The van der Waals surface area contributed by atoms with Crippen molar-refractivity contribution in [1.82, 2.24) is 0 Å². The van der Waals surface area contributed by atoms with Gasteiger partial charge in [-0.15, -0.1) is 0 Å². The van der Waals surface area contributed by atoms with Crippen LogP contribution in [0.3, 0.4) is 0 Å². The highest BCUT2D eigenvalue weighted by molar-refractivity contribution is 7.89. The molecule has 0 saturated heterocycles. The molecule has 0 bridgehead atoms. The summed E-state index contributed by atoms with van der Waals surface area (Å²) in [6.07, 6.45) is 0.166. The summed E-state index contributed by atoms with van der Waals surface area (Å²) < 4.78 is 55.9. The second kappa shape index (κ2) is 9.56. The number of rotatable bonds is 8. The molecule has 0 saturated carbocycles. The summed E-state index contributed by atoms with van der Waals surface area (Å²) in [5.74, 6) is -1.49. The van der Waals surface area contributed by atoms with Crippen molar-refractivity contribution in [2.75, 3.05) is 13.2 Å². The summed E-state index contributed by atoms with van der Waals surface area (Å²) in [6, 6.07) is 7.72. The van der Waals surface area contributed by atoms with Crippen LogP contribution in [0.4, 0.5) is 0 Å². The van der Waals surface area contributed by atoms with Crippen LogP contribution in [0.1, 0.15) is 38.3 Å². The van der Waals surface area contributed by atoms with E-state index in [9.17, 15) is 26.4 Å². The van der Waals surface area contributed by atoms with Crippen LogP contribution in [0.5, 0.6) is 0 Å². The maximum absolute atomic E-state index is 12.2. The van der Waals surface area contributed by atoms with E-state index in [0.717, 1.165) is 12.1 Å². The smallest absolute Gasteiger partial charge is 0.338 e. The van der Waals surface area contributed by atoms with Gasteiger partial charge < -0.3 is 9.47 Å². The molecule has 12 heteroatoms. The maximum atomic E-state index is 12.2. The molecule has 0 amide bonds. The number of aryl methyl sites for hydroxylation is 2. The summed E-state index contributed by atoms with van der Waals surface area (Å²) in [6.45, 7) is 3.04. The second-order valence-electron chi connectivity index (χ2n) is 6.67. The van der Waals surface area contributed by atoms with E-state index in [4.69, 9.17) is 19.8 Å². The first-order valence-corrected chi connectivity index (χ1v) is 12.0. The lowest BCUT2D eigenvalue weighted by Crippen LogP contribution is -2.16. The van der Waals surface area contributed by atoms with Gasteiger partial charge in [0.2, 0.25) is 20.0 Å². The normalized spacial score (nSPS) is 11.7. The average Bonchev–Trinajstić information content (AvgIpc) is 2.66. The van der Waals surface area contributed by atoms with Gasteiger partial charge in [0.05, 0.1) is 34.1 Å².